The number of halogens is 3. The number of rotatable bonds is 5. The predicted octanol–water partition coefficient (Wildman–Crippen LogP) is 4.22. The van der Waals surface area contributed by atoms with E-state index < -0.39 is 37.6 Å². The lowest BCUT2D eigenvalue weighted by Gasteiger charge is -2.23. The Morgan fingerprint density at radius 1 is 0.771 bits per heavy atom. The fourth-order valence-electron chi connectivity index (χ4n) is 2.55. The highest BCUT2D eigenvalue weighted by Crippen LogP contribution is 2.37. The van der Waals surface area contributed by atoms with Gasteiger partial charge in [-0.3, -0.25) is 4.57 Å². The highest BCUT2D eigenvalue weighted by molar-refractivity contribution is 7.73. The molecule has 3 atom stereocenters. The van der Waals surface area contributed by atoms with Gasteiger partial charge in [0, 0.05) is 16.5 Å². The zero-order valence-electron chi connectivity index (χ0n) is 19.1. The van der Waals surface area contributed by atoms with Crippen molar-refractivity contribution in [2.75, 3.05) is 0 Å². The number of hydrogen-bond donors (Lipinski definition) is 4. The maximum absolute atomic E-state index is 12.2. The SMILES string of the molecule is CC(O)C(C)C(O)C(F)(F)F.O=C(O)c1ccccc1.O=P(O)(c1ccccc1)c1ccccc1. The van der Waals surface area contributed by atoms with Gasteiger partial charge in [0.1, 0.15) is 0 Å². The normalized spacial score (nSPS) is 13.7. The van der Waals surface area contributed by atoms with Crippen LogP contribution in [0.4, 0.5) is 13.2 Å². The van der Waals surface area contributed by atoms with Gasteiger partial charge in [-0.1, -0.05) is 61.5 Å². The van der Waals surface area contributed by atoms with Crippen LogP contribution in [0.1, 0.15) is 24.2 Å². The number of carbonyl (C=O) groups is 1. The third kappa shape index (κ3) is 10.0. The van der Waals surface area contributed by atoms with E-state index in [1.54, 1.807) is 78.9 Å². The Labute approximate surface area is 201 Å². The first-order valence-electron chi connectivity index (χ1n) is 10.4. The van der Waals surface area contributed by atoms with Gasteiger partial charge in [0.25, 0.3) is 7.37 Å². The minimum Gasteiger partial charge on any atom is -0.478 e. The molecule has 4 N–H and O–H groups in total. The number of hydrogen-bond acceptors (Lipinski definition) is 4. The second-order valence-electron chi connectivity index (χ2n) is 7.50. The van der Waals surface area contributed by atoms with Gasteiger partial charge in [-0.2, -0.15) is 13.2 Å². The molecule has 3 aromatic rings. The van der Waals surface area contributed by atoms with Crippen molar-refractivity contribution >= 4 is 23.9 Å². The molecule has 0 heterocycles. The molecule has 3 unspecified atom stereocenters. The van der Waals surface area contributed by atoms with Crippen LogP contribution in [-0.4, -0.2) is 44.6 Å². The minimum absolute atomic E-state index is 0.331. The lowest BCUT2D eigenvalue weighted by molar-refractivity contribution is -0.225. The number of aromatic carboxylic acids is 1. The second kappa shape index (κ2) is 13.8. The van der Waals surface area contributed by atoms with Gasteiger partial charge in [-0.25, -0.2) is 4.79 Å². The Bertz CT molecular complexity index is 1020. The number of alkyl halides is 3. The molecule has 0 aliphatic carbocycles. The lowest BCUT2D eigenvalue weighted by Crippen LogP contribution is -2.39. The zero-order chi connectivity index (χ0) is 26.6. The number of carboxylic acid groups (broad SMARTS) is 1. The molecule has 0 spiro atoms. The standard InChI is InChI=1S/C12H11O2P.C7H6O2.C6H11F3O2/c13-15(14,11-7-3-1-4-8-11)12-9-5-2-6-10-12;8-7(9)6-4-2-1-3-5-6;1-3(4(2)10)5(11)6(7,8)9/h1-10H,(H,13,14);1-5H,(H,8,9);3-5,10-11H,1-2H3. The molecule has 0 saturated heterocycles. The maximum atomic E-state index is 12.2. The third-order valence-corrected chi connectivity index (χ3v) is 6.82. The van der Waals surface area contributed by atoms with Crippen LogP contribution in [0.15, 0.2) is 91.0 Å². The monoisotopic (exact) mass is 512 g/mol. The second-order valence-corrected chi connectivity index (χ2v) is 9.69. The van der Waals surface area contributed by atoms with Crippen LogP contribution in [0.2, 0.25) is 0 Å². The molecule has 3 rings (SSSR count). The van der Waals surface area contributed by atoms with Gasteiger partial charge in [0.05, 0.1) is 11.7 Å². The number of carboxylic acids is 1. The summed E-state index contributed by atoms with van der Waals surface area (Å²) in [4.78, 5) is 20.2. The third-order valence-electron chi connectivity index (χ3n) is 4.83. The zero-order valence-corrected chi connectivity index (χ0v) is 20.0. The summed E-state index contributed by atoms with van der Waals surface area (Å²) in [5, 5.41) is 26.6. The van der Waals surface area contributed by atoms with E-state index in [0.29, 0.717) is 16.2 Å². The Balaban J connectivity index is 0.000000273. The summed E-state index contributed by atoms with van der Waals surface area (Å²) in [5.74, 6) is -2.06. The molecule has 6 nitrogen and oxygen atoms in total. The Morgan fingerprint density at radius 2 is 1.11 bits per heavy atom. The molecule has 0 saturated carbocycles. The van der Waals surface area contributed by atoms with Crippen LogP contribution < -0.4 is 10.6 Å². The molecule has 0 radical (unpaired) electrons. The molecular formula is C25H28F3O6P. The first kappa shape index (κ1) is 30.1. The van der Waals surface area contributed by atoms with E-state index in [-0.39, 0.29) is 0 Å². The van der Waals surface area contributed by atoms with Gasteiger partial charge in [0.15, 0.2) is 6.10 Å². The fraction of sp³-hybridized carbons (Fsp3) is 0.240. The first-order chi connectivity index (χ1) is 16.3. The summed E-state index contributed by atoms with van der Waals surface area (Å²) >= 11 is 0. The van der Waals surface area contributed by atoms with Gasteiger partial charge in [0.2, 0.25) is 0 Å². The first-order valence-corrected chi connectivity index (χ1v) is 12.1. The summed E-state index contributed by atoms with van der Waals surface area (Å²) < 4.78 is 47.3. The maximum Gasteiger partial charge on any atom is 0.414 e. The number of aliphatic hydroxyl groups is 2. The summed E-state index contributed by atoms with van der Waals surface area (Å²) in [6, 6.07) is 25.7. The summed E-state index contributed by atoms with van der Waals surface area (Å²) in [6.07, 6.45) is -8.25. The molecule has 0 amide bonds. The van der Waals surface area contributed by atoms with E-state index in [9.17, 15) is 27.4 Å². The Kier molecular flexibility index (Phi) is 11.9. The van der Waals surface area contributed by atoms with Gasteiger partial charge < -0.3 is 20.2 Å². The fourth-order valence-corrected chi connectivity index (χ4v) is 4.00. The van der Waals surface area contributed by atoms with Crippen molar-refractivity contribution in [2.24, 2.45) is 5.92 Å². The Morgan fingerprint density at radius 3 is 1.34 bits per heavy atom. The van der Waals surface area contributed by atoms with E-state index in [1.165, 1.54) is 6.92 Å². The molecule has 190 valence electrons. The van der Waals surface area contributed by atoms with Crippen LogP contribution >= 0.6 is 7.37 Å². The summed E-state index contributed by atoms with van der Waals surface area (Å²) in [5.41, 5.74) is 0.331. The average molecular weight is 512 g/mol. The van der Waals surface area contributed by atoms with E-state index in [4.69, 9.17) is 15.3 Å². The Hall–Kier alpha value is -2.97. The van der Waals surface area contributed by atoms with Gasteiger partial charge >= 0.3 is 12.1 Å². The molecule has 0 fully saturated rings. The van der Waals surface area contributed by atoms with Crippen molar-refractivity contribution in [1.29, 1.82) is 0 Å². The van der Waals surface area contributed by atoms with E-state index >= 15 is 0 Å². The highest BCUT2D eigenvalue weighted by atomic mass is 31.2. The minimum atomic E-state index is -4.64. The molecule has 0 aromatic heterocycles. The van der Waals surface area contributed by atoms with Crippen molar-refractivity contribution in [1.82, 2.24) is 0 Å². The number of aliphatic hydroxyl groups excluding tert-OH is 2. The van der Waals surface area contributed by atoms with Crippen molar-refractivity contribution in [3.8, 4) is 0 Å². The molecule has 0 bridgehead atoms. The van der Waals surface area contributed by atoms with Crippen LogP contribution in [0.25, 0.3) is 0 Å². The van der Waals surface area contributed by atoms with Crippen LogP contribution in [-0.2, 0) is 4.57 Å². The van der Waals surface area contributed by atoms with Crippen molar-refractivity contribution in [3.63, 3.8) is 0 Å². The molecule has 3 aromatic carbocycles. The summed E-state index contributed by atoms with van der Waals surface area (Å²) in [6.45, 7) is 2.35. The highest BCUT2D eigenvalue weighted by Gasteiger charge is 2.43. The number of benzene rings is 3. The molecule has 10 heteroatoms. The summed E-state index contributed by atoms with van der Waals surface area (Å²) in [7, 11) is -3.40. The smallest absolute Gasteiger partial charge is 0.414 e. The van der Waals surface area contributed by atoms with Crippen LogP contribution in [0.5, 0.6) is 0 Å². The lowest BCUT2D eigenvalue weighted by atomic mass is 9.99. The molecule has 35 heavy (non-hydrogen) atoms. The molecular weight excluding hydrogens is 484 g/mol. The van der Waals surface area contributed by atoms with E-state index in [2.05, 4.69) is 0 Å². The van der Waals surface area contributed by atoms with E-state index in [1.807, 2.05) is 12.1 Å². The largest absolute Gasteiger partial charge is 0.478 e. The quantitative estimate of drug-likeness (QED) is 0.381. The van der Waals surface area contributed by atoms with Crippen LogP contribution in [0, 0.1) is 5.92 Å². The molecule has 0 aliphatic rings. The predicted molar refractivity (Wildman–Crippen MR) is 128 cm³/mol. The molecule has 0 aliphatic heterocycles. The van der Waals surface area contributed by atoms with Crippen LogP contribution in [0.3, 0.4) is 0 Å². The van der Waals surface area contributed by atoms with Gasteiger partial charge in [-0.05, 0) is 43.3 Å². The van der Waals surface area contributed by atoms with Crippen molar-refractivity contribution in [2.45, 2.75) is 32.2 Å². The topological polar surface area (TPSA) is 115 Å². The van der Waals surface area contributed by atoms with Crippen molar-refractivity contribution in [3.05, 3.63) is 96.6 Å². The van der Waals surface area contributed by atoms with Gasteiger partial charge in [-0.15, -0.1) is 0 Å². The van der Waals surface area contributed by atoms with Crippen molar-refractivity contribution < 1.29 is 42.7 Å². The van der Waals surface area contributed by atoms with E-state index in [0.717, 1.165) is 6.92 Å². The average Bonchev–Trinajstić information content (AvgIpc) is 2.85.